The van der Waals surface area contributed by atoms with Gasteiger partial charge >= 0.3 is 11.9 Å². The van der Waals surface area contributed by atoms with Gasteiger partial charge in [0, 0.05) is 22.9 Å². The Hall–Kier alpha value is -3.67. The lowest BCUT2D eigenvalue weighted by Gasteiger charge is -2.38. The number of methoxy groups -OCH3 is 1. The molecule has 2 aromatic rings. The van der Waals surface area contributed by atoms with Crippen LogP contribution >= 0.6 is 0 Å². The number of allylic oxidation sites excluding steroid dienone is 3. The van der Waals surface area contributed by atoms with Gasteiger partial charge in [-0.25, -0.2) is 4.79 Å². The maximum absolute atomic E-state index is 13.8. The molecule has 35 heavy (non-hydrogen) atoms. The van der Waals surface area contributed by atoms with Gasteiger partial charge in [0.05, 0.1) is 19.3 Å². The summed E-state index contributed by atoms with van der Waals surface area (Å²) in [5.41, 5.74) is 5.17. The molecule has 0 saturated carbocycles. The van der Waals surface area contributed by atoms with E-state index in [2.05, 4.69) is 5.32 Å². The molecule has 2 aromatic carbocycles. The Labute approximate surface area is 206 Å². The number of nitrogens with one attached hydrogen (secondary N) is 1. The van der Waals surface area contributed by atoms with Crippen LogP contribution in [0.15, 0.2) is 77.1 Å². The molecule has 1 aliphatic heterocycles. The van der Waals surface area contributed by atoms with Crippen LogP contribution in [-0.4, -0.2) is 31.4 Å². The number of esters is 2. The van der Waals surface area contributed by atoms with Crippen LogP contribution in [0, 0.1) is 11.8 Å². The summed E-state index contributed by atoms with van der Waals surface area (Å²) < 4.78 is 10.5. The van der Waals surface area contributed by atoms with Crippen molar-refractivity contribution in [2.45, 2.75) is 39.5 Å². The molecule has 182 valence electrons. The minimum atomic E-state index is -0.905. The van der Waals surface area contributed by atoms with Gasteiger partial charge in [-0.15, -0.1) is 0 Å². The average molecular weight is 474 g/mol. The van der Waals surface area contributed by atoms with Gasteiger partial charge in [0.2, 0.25) is 0 Å². The fourth-order valence-electron chi connectivity index (χ4n) is 5.06. The van der Waals surface area contributed by atoms with Gasteiger partial charge in [0.25, 0.3) is 0 Å². The SMILES string of the molecule is CCCOC(=O)C1=C(C)NC2=C(C(=O)[C@H](C(=O)OC)[C@H](C)C2)[C@@H]1c1ccc(-c2ccccc2)cc1. The molecule has 0 radical (unpaired) electrons. The highest BCUT2D eigenvalue weighted by Gasteiger charge is 2.47. The Morgan fingerprint density at radius 3 is 2.31 bits per heavy atom. The van der Waals surface area contributed by atoms with Gasteiger partial charge in [-0.3, -0.25) is 9.59 Å². The molecule has 6 nitrogen and oxygen atoms in total. The van der Waals surface area contributed by atoms with Gasteiger partial charge in [0.15, 0.2) is 5.78 Å². The van der Waals surface area contributed by atoms with E-state index in [9.17, 15) is 14.4 Å². The molecule has 0 aromatic heterocycles. The van der Waals surface area contributed by atoms with Crippen LogP contribution in [0.2, 0.25) is 0 Å². The molecule has 1 heterocycles. The van der Waals surface area contributed by atoms with Crippen LogP contribution in [0.3, 0.4) is 0 Å². The molecule has 0 fully saturated rings. The Morgan fingerprint density at radius 1 is 1.03 bits per heavy atom. The van der Waals surface area contributed by atoms with E-state index in [0.29, 0.717) is 29.7 Å². The molecular weight excluding hydrogens is 442 g/mol. The summed E-state index contributed by atoms with van der Waals surface area (Å²) in [6.45, 7) is 5.93. The molecule has 0 spiro atoms. The van der Waals surface area contributed by atoms with Crippen molar-refractivity contribution < 1.29 is 23.9 Å². The summed E-state index contributed by atoms with van der Waals surface area (Å²) in [6.07, 6.45) is 1.20. The van der Waals surface area contributed by atoms with E-state index in [1.807, 2.05) is 75.4 Å². The van der Waals surface area contributed by atoms with Crippen molar-refractivity contribution in [3.8, 4) is 11.1 Å². The van der Waals surface area contributed by atoms with Gasteiger partial charge < -0.3 is 14.8 Å². The predicted molar refractivity (Wildman–Crippen MR) is 133 cm³/mol. The minimum absolute atomic E-state index is 0.219. The number of hydrogen-bond acceptors (Lipinski definition) is 6. The Kier molecular flexibility index (Phi) is 7.20. The van der Waals surface area contributed by atoms with Gasteiger partial charge in [-0.05, 0) is 42.4 Å². The molecule has 4 rings (SSSR count). The lowest BCUT2D eigenvalue weighted by molar-refractivity contribution is -0.151. The van der Waals surface area contributed by atoms with Crippen LogP contribution in [0.5, 0.6) is 0 Å². The first-order chi connectivity index (χ1) is 16.9. The van der Waals surface area contributed by atoms with Crippen LogP contribution in [0.25, 0.3) is 11.1 Å². The molecule has 2 aliphatic rings. The smallest absolute Gasteiger partial charge is 0.336 e. The quantitative estimate of drug-likeness (QED) is 0.474. The van der Waals surface area contributed by atoms with E-state index in [1.165, 1.54) is 7.11 Å². The maximum Gasteiger partial charge on any atom is 0.336 e. The minimum Gasteiger partial charge on any atom is -0.468 e. The zero-order valence-electron chi connectivity index (χ0n) is 20.6. The van der Waals surface area contributed by atoms with Gasteiger partial charge in [0.1, 0.15) is 5.92 Å². The zero-order chi connectivity index (χ0) is 25.1. The van der Waals surface area contributed by atoms with Crippen molar-refractivity contribution in [2.24, 2.45) is 11.8 Å². The van der Waals surface area contributed by atoms with E-state index in [4.69, 9.17) is 9.47 Å². The predicted octanol–water partition coefficient (Wildman–Crippen LogP) is 4.92. The highest BCUT2D eigenvalue weighted by Crippen LogP contribution is 2.45. The fraction of sp³-hybridized carbons (Fsp3) is 0.345. The number of dihydropyridines is 1. The van der Waals surface area contributed by atoms with Crippen LogP contribution in [0.4, 0.5) is 0 Å². The number of Topliss-reactive ketones (excluding diaryl/α,β-unsaturated/α-hetero) is 1. The van der Waals surface area contributed by atoms with Crippen molar-refractivity contribution in [2.75, 3.05) is 13.7 Å². The summed E-state index contributed by atoms with van der Waals surface area (Å²) in [5, 5.41) is 3.29. The third kappa shape index (κ3) is 4.65. The number of hydrogen-bond donors (Lipinski definition) is 1. The molecule has 0 amide bonds. The maximum atomic E-state index is 13.8. The molecule has 3 atom stereocenters. The molecule has 1 N–H and O–H groups in total. The molecule has 1 aliphatic carbocycles. The van der Waals surface area contributed by atoms with Gasteiger partial charge in [-0.1, -0.05) is 68.4 Å². The van der Waals surface area contributed by atoms with Crippen LogP contribution < -0.4 is 5.32 Å². The first-order valence-corrected chi connectivity index (χ1v) is 12.0. The number of benzene rings is 2. The molecule has 0 unspecified atom stereocenters. The molecule has 0 saturated heterocycles. The monoisotopic (exact) mass is 473 g/mol. The van der Waals surface area contributed by atoms with Crippen LogP contribution in [-0.2, 0) is 23.9 Å². The highest BCUT2D eigenvalue weighted by atomic mass is 16.5. The molecule has 0 bridgehead atoms. The van der Waals surface area contributed by atoms with Crippen molar-refractivity contribution in [1.29, 1.82) is 0 Å². The third-order valence-electron chi connectivity index (χ3n) is 6.75. The third-order valence-corrected chi connectivity index (χ3v) is 6.75. The second-order valence-corrected chi connectivity index (χ2v) is 9.16. The Bertz CT molecular complexity index is 1190. The highest BCUT2D eigenvalue weighted by molar-refractivity contribution is 6.12. The average Bonchev–Trinajstić information content (AvgIpc) is 2.86. The number of ketones is 1. The summed E-state index contributed by atoms with van der Waals surface area (Å²) in [6, 6.07) is 17.9. The van der Waals surface area contributed by atoms with Gasteiger partial charge in [-0.2, -0.15) is 0 Å². The topological polar surface area (TPSA) is 81.7 Å². The second-order valence-electron chi connectivity index (χ2n) is 9.16. The first kappa shape index (κ1) is 24.5. The van der Waals surface area contributed by atoms with Crippen LogP contribution in [0.1, 0.15) is 45.1 Å². The fourth-order valence-corrected chi connectivity index (χ4v) is 5.06. The van der Waals surface area contributed by atoms with E-state index >= 15 is 0 Å². The van der Waals surface area contributed by atoms with Crippen molar-refractivity contribution in [1.82, 2.24) is 5.32 Å². The normalized spacial score (nSPS) is 21.8. The van der Waals surface area contributed by atoms with Crippen molar-refractivity contribution >= 4 is 17.7 Å². The number of carbonyl (C=O) groups is 3. The Balaban J connectivity index is 1.82. The molecule has 6 heteroatoms. The number of ether oxygens (including phenoxy) is 2. The summed E-state index contributed by atoms with van der Waals surface area (Å²) in [4.78, 5) is 39.5. The number of rotatable bonds is 6. The van der Waals surface area contributed by atoms with Crippen molar-refractivity contribution in [3.63, 3.8) is 0 Å². The van der Waals surface area contributed by atoms with E-state index < -0.39 is 23.8 Å². The Morgan fingerprint density at radius 2 is 1.69 bits per heavy atom. The lowest BCUT2D eigenvalue weighted by Crippen LogP contribution is -2.43. The second kappa shape index (κ2) is 10.3. The summed E-state index contributed by atoms with van der Waals surface area (Å²) in [5.74, 6) is -3.06. The summed E-state index contributed by atoms with van der Waals surface area (Å²) >= 11 is 0. The standard InChI is InChI=1S/C29H31NO5/c1-5-15-35-29(33)24-18(3)30-22-16-17(2)23(28(32)34-4)27(31)26(22)25(24)21-13-11-20(12-14-21)19-9-7-6-8-10-19/h6-14,17,23,25,30H,5,15-16H2,1-4H3/t17-,23-,25-/m1/s1. The van der Waals surface area contributed by atoms with Crippen molar-refractivity contribution in [3.05, 3.63) is 82.7 Å². The van der Waals surface area contributed by atoms with E-state index in [0.717, 1.165) is 22.4 Å². The van der Waals surface area contributed by atoms with E-state index in [-0.39, 0.29) is 18.3 Å². The lowest BCUT2D eigenvalue weighted by atomic mass is 9.69. The zero-order valence-corrected chi connectivity index (χ0v) is 20.6. The first-order valence-electron chi connectivity index (χ1n) is 12.0. The largest absolute Gasteiger partial charge is 0.468 e. The summed E-state index contributed by atoms with van der Waals surface area (Å²) in [7, 11) is 1.29. The molecular formula is C29H31NO5. The van der Waals surface area contributed by atoms with E-state index in [1.54, 1.807) is 0 Å². The number of carbonyl (C=O) groups excluding carboxylic acids is 3.